The van der Waals surface area contributed by atoms with Crippen LogP contribution in [0, 0.1) is 0 Å². The zero-order valence-electron chi connectivity index (χ0n) is 9.07. The van der Waals surface area contributed by atoms with Gasteiger partial charge in [0.05, 0.1) is 0 Å². The Morgan fingerprint density at radius 1 is 1.31 bits per heavy atom. The monoisotopic (exact) mass is 287 g/mol. The molecule has 7 heteroatoms. The summed E-state index contributed by atoms with van der Waals surface area (Å²) in [4.78, 5) is 4.78. The van der Waals surface area contributed by atoms with Gasteiger partial charge in [-0.15, -0.1) is 11.3 Å². The maximum absolute atomic E-state index is 8.53. The highest BCUT2D eigenvalue weighted by molar-refractivity contribution is 7.16. The van der Waals surface area contributed by atoms with Gasteiger partial charge in [-0.25, -0.2) is 4.98 Å². The van der Waals surface area contributed by atoms with Gasteiger partial charge in [0, 0.05) is 11.5 Å². The molecule has 0 saturated heterocycles. The molecule has 1 aromatic rings. The third-order valence-corrected chi connectivity index (χ3v) is 2.83. The summed E-state index contributed by atoms with van der Waals surface area (Å²) in [6, 6.07) is 0. The molecule has 0 unspecified atom stereocenters. The molecule has 0 spiro atoms. The summed E-state index contributed by atoms with van der Waals surface area (Å²) in [5.41, 5.74) is 0. The Kier molecular flexibility index (Phi) is 7.46. The highest BCUT2D eigenvalue weighted by Gasteiger charge is 2.06. The van der Waals surface area contributed by atoms with Crippen molar-refractivity contribution in [2.75, 3.05) is 6.61 Å². The van der Waals surface area contributed by atoms with Crippen LogP contribution in [0.3, 0.4) is 0 Å². The summed E-state index contributed by atoms with van der Waals surface area (Å²) in [7, 11) is 0. The molecule has 16 heavy (non-hydrogen) atoms. The fraction of sp³-hybridized carbons (Fsp3) is 0.667. The Hall–Kier alpha value is 0.0900. The lowest BCUT2D eigenvalue weighted by molar-refractivity contribution is -0.127. The summed E-state index contributed by atoms with van der Waals surface area (Å²) in [5.74, 6) is -1.50. The third-order valence-electron chi connectivity index (χ3n) is 1.19. The van der Waals surface area contributed by atoms with Crippen LogP contribution in [0.25, 0.3) is 0 Å². The molecule has 3 N–H and O–H groups in total. The molecule has 4 nitrogen and oxygen atoms in total. The Balaban J connectivity index is 0.000000385. The van der Waals surface area contributed by atoms with Crippen LogP contribution in [-0.4, -0.2) is 32.7 Å². The smallest absolute Gasteiger partial charge is 0.185 e. The number of hydrogen-bond donors (Lipinski definition) is 3. The average Bonchev–Trinajstić information content (AvgIpc) is 2.38. The van der Waals surface area contributed by atoms with Crippen LogP contribution in [-0.2, 0) is 6.42 Å². The van der Waals surface area contributed by atoms with E-state index in [1.807, 2.05) is 0 Å². The van der Waals surface area contributed by atoms with Crippen molar-refractivity contribution in [2.24, 2.45) is 0 Å². The minimum atomic E-state index is -1.50. The van der Waals surface area contributed by atoms with Crippen LogP contribution in [0.1, 0.15) is 25.1 Å². The number of thiazole rings is 1. The van der Waals surface area contributed by atoms with E-state index >= 15 is 0 Å². The number of nitrogens with zero attached hydrogens (tertiary/aromatic N) is 1. The van der Waals surface area contributed by atoms with Crippen LogP contribution >= 0.6 is 34.5 Å². The average molecular weight is 288 g/mol. The second kappa shape index (κ2) is 7.42. The van der Waals surface area contributed by atoms with Crippen LogP contribution in [0.2, 0.25) is 9.62 Å². The van der Waals surface area contributed by atoms with Crippen LogP contribution in [0.15, 0.2) is 0 Å². The first-order valence-electron chi connectivity index (χ1n) is 4.60. The van der Waals surface area contributed by atoms with Gasteiger partial charge in [-0.1, -0.05) is 23.2 Å². The van der Waals surface area contributed by atoms with Crippen molar-refractivity contribution in [1.29, 1.82) is 0 Å². The van der Waals surface area contributed by atoms with E-state index in [-0.39, 0.29) is 6.61 Å². The minimum absolute atomic E-state index is 0.172. The van der Waals surface area contributed by atoms with Gasteiger partial charge >= 0.3 is 0 Å². The Morgan fingerprint density at radius 2 is 1.81 bits per heavy atom. The van der Waals surface area contributed by atoms with Crippen LogP contribution in [0.5, 0.6) is 0 Å². The first-order valence-corrected chi connectivity index (χ1v) is 6.17. The maximum Gasteiger partial charge on any atom is 0.185 e. The molecule has 0 aliphatic carbocycles. The lowest BCUT2D eigenvalue weighted by Crippen LogP contribution is -2.15. The van der Waals surface area contributed by atoms with Crippen molar-refractivity contribution in [3.8, 4) is 0 Å². The van der Waals surface area contributed by atoms with Crippen molar-refractivity contribution in [3.05, 3.63) is 14.5 Å². The SMILES string of the molecule is CC(C)(O)O.OCCCc1sc(Cl)nc1Cl. The van der Waals surface area contributed by atoms with Crippen molar-refractivity contribution in [1.82, 2.24) is 4.98 Å². The molecule has 0 atom stereocenters. The van der Waals surface area contributed by atoms with Gasteiger partial charge in [0.15, 0.2) is 10.3 Å². The number of hydrogen-bond acceptors (Lipinski definition) is 5. The summed E-state index contributed by atoms with van der Waals surface area (Å²) >= 11 is 12.7. The predicted molar refractivity (Wildman–Crippen MR) is 66.1 cm³/mol. The number of aliphatic hydroxyl groups excluding tert-OH is 1. The van der Waals surface area contributed by atoms with E-state index in [9.17, 15) is 0 Å². The molecule has 0 saturated carbocycles. The first-order chi connectivity index (χ1) is 7.24. The number of aliphatic hydroxyl groups is 3. The van der Waals surface area contributed by atoms with E-state index in [4.69, 9.17) is 38.5 Å². The summed E-state index contributed by atoms with van der Waals surface area (Å²) in [6.45, 7) is 2.77. The highest BCUT2D eigenvalue weighted by Crippen LogP contribution is 2.27. The van der Waals surface area contributed by atoms with E-state index in [1.54, 1.807) is 0 Å². The lowest BCUT2D eigenvalue weighted by atomic mass is 10.3. The highest BCUT2D eigenvalue weighted by atomic mass is 35.5. The number of halogens is 2. The zero-order chi connectivity index (χ0) is 12.8. The molecule has 0 amide bonds. The molecule has 1 rings (SSSR count). The second-order valence-electron chi connectivity index (χ2n) is 3.50. The molecule has 0 aliphatic rings. The molecular formula is C9H15Cl2NO3S. The van der Waals surface area contributed by atoms with Gasteiger partial charge in [0.2, 0.25) is 0 Å². The van der Waals surface area contributed by atoms with E-state index in [1.165, 1.54) is 25.2 Å². The van der Waals surface area contributed by atoms with Crippen molar-refractivity contribution >= 4 is 34.5 Å². The Bertz CT molecular complexity index is 306. The number of aryl methyl sites for hydroxylation is 1. The number of aromatic nitrogens is 1. The minimum Gasteiger partial charge on any atom is -0.396 e. The van der Waals surface area contributed by atoms with Crippen molar-refractivity contribution < 1.29 is 15.3 Å². The molecule has 1 aromatic heterocycles. The summed E-state index contributed by atoms with van der Waals surface area (Å²) in [6.07, 6.45) is 1.46. The molecule has 0 bridgehead atoms. The molecular weight excluding hydrogens is 273 g/mol. The largest absolute Gasteiger partial charge is 0.396 e. The second-order valence-corrected chi connectivity index (χ2v) is 5.53. The van der Waals surface area contributed by atoms with E-state index < -0.39 is 5.79 Å². The van der Waals surface area contributed by atoms with Gasteiger partial charge in [0.25, 0.3) is 0 Å². The topological polar surface area (TPSA) is 73.6 Å². The molecule has 0 aliphatic heterocycles. The van der Waals surface area contributed by atoms with E-state index in [0.717, 1.165) is 11.3 Å². The normalized spacial score (nSPS) is 10.9. The summed E-state index contributed by atoms with van der Waals surface area (Å²) in [5, 5.41) is 25.2. The molecule has 1 heterocycles. The van der Waals surface area contributed by atoms with Gasteiger partial charge < -0.3 is 15.3 Å². The molecule has 94 valence electrons. The first kappa shape index (κ1) is 16.1. The van der Waals surface area contributed by atoms with E-state index in [2.05, 4.69) is 4.98 Å². The molecule has 0 aromatic carbocycles. The van der Waals surface area contributed by atoms with Crippen molar-refractivity contribution in [2.45, 2.75) is 32.5 Å². The van der Waals surface area contributed by atoms with Gasteiger partial charge in [-0.2, -0.15) is 0 Å². The standard InChI is InChI=1S/C6H7Cl2NOS.C3H8O2/c7-5-4(2-1-3-10)11-6(8)9-5;1-3(2,4)5/h10H,1-3H2;4-5H,1-2H3. The van der Waals surface area contributed by atoms with Crippen LogP contribution < -0.4 is 0 Å². The maximum atomic E-state index is 8.53. The molecule has 0 fully saturated rings. The predicted octanol–water partition coefficient (Wildman–Crippen LogP) is 2.08. The van der Waals surface area contributed by atoms with Gasteiger partial charge in [0.1, 0.15) is 5.15 Å². The summed E-state index contributed by atoms with van der Waals surface area (Å²) < 4.78 is 0.461. The van der Waals surface area contributed by atoms with Gasteiger partial charge in [-0.3, -0.25) is 0 Å². The quantitative estimate of drug-likeness (QED) is 0.745. The Morgan fingerprint density at radius 3 is 2.12 bits per heavy atom. The van der Waals surface area contributed by atoms with Gasteiger partial charge in [-0.05, 0) is 26.7 Å². The fourth-order valence-corrected chi connectivity index (χ4v) is 2.17. The Labute approximate surface area is 108 Å². The fourth-order valence-electron chi connectivity index (χ4n) is 0.700. The van der Waals surface area contributed by atoms with E-state index in [0.29, 0.717) is 16.0 Å². The molecule has 0 radical (unpaired) electrons. The zero-order valence-corrected chi connectivity index (χ0v) is 11.4. The third kappa shape index (κ3) is 9.33. The number of rotatable bonds is 3. The van der Waals surface area contributed by atoms with Crippen molar-refractivity contribution in [3.63, 3.8) is 0 Å². The van der Waals surface area contributed by atoms with Crippen LogP contribution in [0.4, 0.5) is 0 Å². The lowest BCUT2D eigenvalue weighted by Gasteiger charge is -2.03.